The average Bonchev–Trinajstić information content (AvgIpc) is 3.68. The number of halogens is 2. The molecule has 2 N–H and O–H groups in total. The number of rotatable bonds is 6. The number of carbonyl (C=O) groups is 2. The van der Waals surface area contributed by atoms with Crippen molar-refractivity contribution in [2.24, 2.45) is 5.92 Å². The molecule has 2 aliphatic heterocycles. The highest BCUT2D eigenvalue weighted by molar-refractivity contribution is 5.96. The zero-order valence-corrected chi connectivity index (χ0v) is 24.3. The van der Waals surface area contributed by atoms with Gasteiger partial charge in [0.05, 0.1) is 24.9 Å². The topological polar surface area (TPSA) is 104 Å². The van der Waals surface area contributed by atoms with Gasteiger partial charge >= 0.3 is 0 Å². The fraction of sp³-hybridized carbons (Fsp3) is 0.333. The molecule has 0 aliphatic carbocycles. The van der Waals surface area contributed by atoms with Gasteiger partial charge in [0, 0.05) is 61.9 Å². The van der Waals surface area contributed by atoms with Crippen LogP contribution < -0.4 is 15.4 Å². The van der Waals surface area contributed by atoms with Crippen LogP contribution >= 0.6 is 12.4 Å². The standard InChI is InChI=1S/C30H32FN7O3.ClH/c1-19-15-22(4-5-23(19)30(40)37-13-11-36(12-14-37)29(39)21-7-8-32-17-21)35-27-28-34-18-25(38(28)10-9-33-27)20-3-6-26(41-2)24(31)16-20;/h3-6,9-10,15-16,18,21,32H,7-8,11-14,17H2,1-2H3,(H,33,35);1H/t21-;/m0./s1. The van der Waals surface area contributed by atoms with Crippen molar-refractivity contribution in [3.63, 3.8) is 0 Å². The monoisotopic (exact) mass is 593 g/mol. The molecule has 12 heteroatoms. The molecule has 0 radical (unpaired) electrons. The van der Waals surface area contributed by atoms with E-state index in [2.05, 4.69) is 20.6 Å². The molecule has 2 saturated heterocycles. The zero-order valence-electron chi connectivity index (χ0n) is 23.5. The van der Waals surface area contributed by atoms with Gasteiger partial charge in [-0.2, -0.15) is 0 Å². The fourth-order valence-electron chi connectivity index (χ4n) is 5.59. The van der Waals surface area contributed by atoms with Crippen LogP contribution in [0.4, 0.5) is 15.9 Å². The SMILES string of the molecule is COc1ccc(-c2cnc3c(Nc4ccc(C(=O)N5CCN(C(=O)[C@H]6CCNC6)CC5)c(C)c4)nccn23)cc1F.Cl. The van der Waals surface area contributed by atoms with Crippen LogP contribution in [0.1, 0.15) is 22.3 Å². The van der Waals surface area contributed by atoms with Crippen molar-refractivity contribution in [3.8, 4) is 17.0 Å². The second kappa shape index (κ2) is 12.3. The van der Waals surface area contributed by atoms with Crippen LogP contribution in [0, 0.1) is 18.7 Å². The Balaban J connectivity index is 0.00000353. The van der Waals surface area contributed by atoms with E-state index < -0.39 is 5.82 Å². The van der Waals surface area contributed by atoms with Crippen molar-refractivity contribution in [3.05, 3.63) is 71.9 Å². The average molecular weight is 594 g/mol. The second-order valence-corrected chi connectivity index (χ2v) is 10.4. The van der Waals surface area contributed by atoms with Gasteiger partial charge in [-0.25, -0.2) is 14.4 Å². The van der Waals surface area contributed by atoms with Crippen LogP contribution in [-0.2, 0) is 4.79 Å². The third kappa shape index (κ3) is 5.62. The number of hydrogen-bond acceptors (Lipinski definition) is 7. The normalized spacial score (nSPS) is 16.8. The molecule has 42 heavy (non-hydrogen) atoms. The first kappa shape index (κ1) is 29.3. The van der Waals surface area contributed by atoms with Gasteiger partial charge in [-0.1, -0.05) is 0 Å². The molecule has 4 heterocycles. The molecule has 0 saturated carbocycles. The van der Waals surface area contributed by atoms with Crippen LogP contribution in [0.2, 0.25) is 0 Å². The number of nitrogens with one attached hydrogen (secondary N) is 2. The van der Waals surface area contributed by atoms with E-state index in [1.54, 1.807) is 30.7 Å². The number of imidazole rings is 1. The van der Waals surface area contributed by atoms with Gasteiger partial charge in [0.2, 0.25) is 5.91 Å². The largest absolute Gasteiger partial charge is 0.494 e. The fourth-order valence-corrected chi connectivity index (χ4v) is 5.59. The summed E-state index contributed by atoms with van der Waals surface area (Å²) in [5.74, 6) is 0.475. The molecule has 2 fully saturated rings. The van der Waals surface area contributed by atoms with Crippen LogP contribution in [0.15, 0.2) is 55.0 Å². The number of nitrogens with zero attached hydrogens (tertiary/aromatic N) is 5. The Morgan fingerprint density at radius 1 is 1.07 bits per heavy atom. The summed E-state index contributed by atoms with van der Waals surface area (Å²) in [6, 6.07) is 10.4. The highest BCUT2D eigenvalue weighted by Gasteiger charge is 2.31. The maximum Gasteiger partial charge on any atom is 0.254 e. The molecular formula is C30H33ClFN7O3. The number of anilines is 2. The number of hydrogen-bond donors (Lipinski definition) is 2. The molecule has 2 aromatic carbocycles. The number of ether oxygens (including phenoxy) is 1. The first-order valence-corrected chi connectivity index (χ1v) is 13.8. The summed E-state index contributed by atoms with van der Waals surface area (Å²) >= 11 is 0. The predicted molar refractivity (Wildman–Crippen MR) is 160 cm³/mol. The molecule has 10 nitrogen and oxygen atoms in total. The zero-order chi connectivity index (χ0) is 28.5. The van der Waals surface area contributed by atoms with E-state index in [1.165, 1.54) is 13.2 Å². The minimum atomic E-state index is -0.450. The van der Waals surface area contributed by atoms with E-state index in [9.17, 15) is 14.0 Å². The molecule has 0 spiro atoms. The van der Waals surface area contributed by atoms with Crippen molar-refractivity contribution in [2.75, 3.05) is 51.7 Å². The molecule has 1 atom stereocenters. The van der Waals surface area contributed by atoms with E-state index in [0.29, 0.717) is 54.5 Å². The van der Waals surface area contributed by atoms with Gasteiger partial charge in [-0.3, -0.25) is 14.0 Å². The van der Waals surface area contributed by atoms with Gasteiger partial charge in [-0.15, -0.1) is 12.4 Å². The number of aryl methyl sites for hydroxylation is 1. The number of benzene rings is 2. The number of methoxy groups -OCH3 is 1. The van der Waals surface area contributed by atoms with Crippen LogP contribution in [0.25, 0.3) is 16.9 Å². The number of fused-ring (bicyclic) bond motifs is 1. The Morgan fingerprint density at radius 2 is 1.86 bits per heavy atom. The molecule has 2 aliphatic rings. The quantitative estimate of drug-likeness (QED) is 0.349. The Labute approximate surface area is 249 Å². The van der Waals surface area contributed by atoms with E-state index in [4.69, 9.17) is 4.74 Å². The van der Waals surface area contributed by atoms with Gasteiger partial charge in [0.1, 0.15) is 0 Å². The lowest BCUT2D eigenvalue weighted by atomic mass is 10.0. The third-order valence-electron chi connectivity index (χ3n) is 7.88. The minimum Gasteiger partial charge on any atom is -0.494 e. The summed E-state index contributed by atoms with van der Waals surface area (Å²) in [6.45, 7) is 5.71. The smallest absolute Gasteiger partial charge is 0.254 e. The van der Waals surface area contributed by atoms with Crippen molar-refractivity contribution in [1.29, 1.82) is 0 Å². The molecule has 4 aromatic rings. The molecule has 0 unspecified atom stereocenters. The minimum absolute atomic E-state index is 0. The molecule has 0 bridgehead atoms. The lowest BCUT2D eigenvalue weighted by molar-refractivity contribution is -0.136. The second-order valence-electron chi connectivity index (χ2n) is 10.4. The van der Waals surface area contributed by atoms with Crippen LogP contribution in [0.3, 0.4) is 0 Å². The van der Waals surface area contributed by atoms with Gasteiger partial charge in [0.25, 0.3) is 5.91 Å². The summed E-state index contributed by atoms with van der Waals surface area (Å²) < 4.78 is 21.2. The van der Waals surface area contributed by atoms with Crippen molar-refractivity contribution < 1.29 is 18.7 Å². The summed E-state index contributed by atoms with van der Waals surface area (Å²) in [6.07, 6.45) is 5.98. The highest BCUT2D eigenvalue weighted by Crippen LogP contribution is 2.29. The molecular weight excluding hydrogens is 561 g/mol. The predicted octanol–water partition coefficient (Wildman–Crippen LogP) is 3.91. The molecule has 2 aromatic heterocycles. The van der Waals surface area contributed by atoms with Crippen molar-refractivity contribution >= 4 is 41.4 Å². The summed E-state index contributed by atoms with van der Waals surface area (Å²) in [7, 11) is 1.43. The molecule has 220 valence electrons. The third-order valence-corrected chi connectivity index (χ3v) is 7.88. The first-order chi connectivity index (χ1) is 19.9. The van der Waals surface area contributed by atoms with Crippen molar-refractivity contribution in [2.45, 2.75) is 13.3 Å². The number of aromatic nitrogens is 3. The summed E-state index contributed by atoms with van der Waals surface area (Å²) in [4.78, 5) is 38.8. The number of carbonyl (C=O) groups excluding carboxylic acids is 2. The van der Waals surface area contributed by atoms with Gasteiger partial charge < -0.3 is 25.2 Å². The van der Waals surface area contributed by atoms with E-state index in [0.717, 1.165) is 30.8 Å². The molecule has 6 rings (SSSR count). The number of amides is 2. The van der Waals surface area contributed by atoms with Gasteiger partial charge in [0.15, 0.2) is 23.0 Å². The lowest BCUT2D eigenvalue weighted by Crippen LogP contribution is -2.52. The van der Waals surface area contributed by atoms with Crippen LogP contribution in [0.5, 0.6) is 5.75 Å². The summed E-state index contributed by atoms with van der Waals surface area (Å²) in [5.41, 5.74) is 4.18. The van der Waals surface area contributed by atoms with Crippen LogP contribution in [-0.4, -0.2) is 82.4 Å². The number of piperazine rings is 1. The maximum atomic E-state index is 14.3. The molecule has 2 amide bonds. The van der Waals surface area contributed by atoms with E-state index >= 15 is 0 Å². The Kier molecular flexibility index (Phi) is 8.60. The van der Waals surface area contributed by atoms with Crippen molar-refractivity contribution in [1.82, 2.24) is 29.5 Å². The highest BCUT2D eigenvalue weighted by atomic mass is 35.5. The summed E-state index contributed by atoms with van der Waals surface area (Å²) in [5, 5.41) is 6.56. The first-order valence-electron chi connectivity index (χ1n) is 13.8. The van der Waals surface area contributed by atoms with E-state index in [-0.39, 0.29) is 35.9 Å². The van der Waals surface area contributed by atoms with Gasteiger partial charge in [-0.05, 0) is 61.9 Å². The lowest BCUT2D eigenvalue weighted by Gasteiger charge is -2.36. The Bertz CT molecular complexity index is 1610. The Morgan fingerprint density at radius 3 is 2.55 bits per heavy atom. The van der Waals surface area contributed by atoms with E-state index in [1.807, 2.05) is 39.3 Å². The Hall–Kier alpha value is -4.22. The maximum absolute atomic E-state index is 14.3.